The van der Waals surface area contributed by atoms with E-state index in [1.807, 2.05) is 38.1 Å². The minimum Gasteiger partial charge on any atom is -0.387 e. The molecule has 2 heteroatoms. The van der Waals surface area contributed by atoms with Crippen LogP contribution in [0.1, 0.15) is 31.1 Å². The van der Waals surface area contributed by atoms with E-state index >= 15 is 0 Å². The SMILES string of the molecule is CCc1ccc(C(O)C(C)N(C)C)cc1. The van der Waals surface area contributed by atoms with Gasteiger partial charge in [-0.25, -0.2) is 0 Å². The van der Waals surface area contributed by atoms with Crippen molar-refractivity contribution in [2.24, 2.45) is 0 Å². The summed E-state index contributed by atoms with van der Waals surface area (Å²) in [6, 6.07) is 8.34. The Kier molecular flexibility index (Phi) is 4.30. The zero-order chi connectivity index (χ0) is 11.4. The summed E-state index contributed by atoms with van der Waals surface area (Å²) < 4.78 is 0. The van der Waals surface area contributed by atoms with Crippen molar-refractivity contribution in [3.05, 3.63) is 35.4 Å². The van der Waals surface area contributed by atoms with E-state index in [1.165, 1.54) is 5.56 Å². The highest BCUT2D eigenvalue weighted by Crippen LogP contribution is 2.19. The number of likely N-dealkylation sites (N-methyl/N-ethyl adjacent to an activating group) is 1. The van der Waals surface area contributed by atoms with Gasteiger partial charge in [0.05, 0.1) is 6.10 Å². The number of benzene rings is 1. The van der Waals surface area contributed by atoms with Gasteiger partial charge in [-0.1, -0.05) is 31.2 Å². The van der Waals surface area contributed by atoms with Crippen LogP contribution in [0.25, 0.3) is 0 Å². The molecule has 0 aliphatic carbocycles. The van der Waals surface area contributed by atoms with Crippen LogP contribution in [0.3, 0.4) is 0 Å². The molecule has 2 atom stereocenters. The van der Waals surface area contributed by atoms with E-state index in [-0.39, 0.29) is 6.04 Å². The van der Waals surface area contributed by atoms with Crippen LogP contribution in [0.5, 0.6) is 0 Å². The van der Waals surface area contributed by atoms with Crippen LogP contribution >= 0.6 is 0 Å². The molecule has 1 aromatic rings. The number of rotatable bonds is 4. The van der Waals surface area contributed by atoms with E-state index in [4.69, 9.17) is 0 Å². The number of aliphatic hydroxyl groups is 1. The lowest BCUT2D eigenvalue weighted by Crippen LogP contribution is -2.30. The van der Waals surface area contributed by atoms with Crippen molar-refractivity contribution in [1.82, 2.24) is 4.90 Å². The molecule has 2 nitrogen and oxygen atoms in total. The van der Waals surface area contributed by atoms with E-state index in [1.54, 1.807) is 0 Å². The second kappa shape index (κ2) is 5.29. The van der Waals surface area contributed by atoms with Gasteiger partial charge in [-0.3, -0.25) is 0 Å². The maximum absolute atomic E-state index is 10.1. The molecule has 0 aliphatic heterocycles. The summed E-state index contributed by atoms with van der Waals surface area (Å²) in [6.07, 6.45) is 0.630. The zero-order valence-corrected chi connectivity index (χ0v) is 10.1. The molecule has 0 amide bonds. The molecule has 1 rings (SSSR count). The van der Waals surface area contributed by atoms with Gasteiger partial charge in [0.1, 0.15) is 0 Å². The molecule has 0 heterocycles. The Balaban J connectivity index is 2.78. The van der Waals surface area contributed by atoms with E-state index in [9.17, 15) is 5.11 Å². The molecule has 1 aromatic carbocycles. The largest absolute Gasteiger partial charge is 0.387 e. The van der Waals surface area contributed by atoms with Gasteiger partial charge in [0, 0.05) is 6.04 Å². The van der Waals surface area contributed by atoms with Crippen LogP contribution in [0, 0.1) is 0 Å². The first kappa shape index (κ1) is 12.2. The predicted octanol–water partition coefficient (Wildman–Crippen LogP) is 2.23. The van der Waals surface area contributed by atoms with E-state index in [0.29, 0.717) is 0 Å². The Morgan fingerprint density at radius 3 is 2.13 bits per heavy atom. The monoisotopic (exact) mass is 207 g/mol. The second-order valence-electron chi connectivity index (χ2n) is 4.24. The normalized spacial score (nSPS) is 15.3. The molecule has 0 spiro atoms. The molecule has 1 N–H and O–H groups in total. The summed E-state index contributed by atoms with van der Waals surface area (Å²) in [7, 11) is 3.96. The van der Waals surface area contributed by atoms with Gasteiger partial charge in [0.15, 0.2) is 0 Å². The first-order valence-electron chi connectivity index (χ1n) is 5.49. The molecule has 0 bridgehead atoms. The van der Waals surface area contributed by atoms with Gasteiger partial charge in [-0.2, -0.15) is 0 Å². The van der Waals surface area contributed by atoms with Crippen LogP contribution in [-0.2, 0) is 6.42 Å². The highest BCUT2D eigenvalue weighted by atomic mass is 16.3. The van der Waals surface area contributed by atoms with Crippen molar-refractivity contribution in [1.29, 1.82) is 0 Å². The number of nitrogens with zero attached hydrogens (tertiary/aromatic N) is 1. The average molecular weight is 207 g/mol. The standard InChI is InChI=1S/C13H21NO/c1-5-11-6-8-12(9-7-11)13(15)10(2)14(3)4/h6-10,13,15H,5H2,1-4H3. The molecule has 0 radical (unpaired) electrons. The lowest BCUT2D eigenvalue weighted by atomic mass is 10.0. The van der Waals surface area contributed by atoms with Crippen molar-refractivity contribution in [3.8, 4) is 0 Å². The van der Waals surface area contributed by atoms with E-state index < -0.39 is 6.10 Å². The number of aryl methyl sites for hydroxylation is 1. The Morgan fingerprint density at radius 2 is 1.73 bits per heavy atom. The highest BCUT2D eigenvalue weighted by Gasteiger charge is 2.17. The van der Waals surface area contributed by atoms with Crippen molar-refractivity contribution >= 4 is 0 Å². The maximum Gasteiger partial charge on any atom is 0.0942 e. The third-order valence-corrected chi connectivity index (χ3v) is 3.00. The molecule has 0 saturated heterocycles. The van der Waals surface area contributed by atoms with E-state index in [0.717, 1.165) is 12.0 Å². The van der Waals surface area contributed by atoms with Gasteiger partial charge < -0.3 is 10.0 Å². The Hall–Kier alpha value is -0.860. The van der Waals surface area contributed by atoms with Gasteiger partial charge in [0.2, 0.25) is 0 Å². The fourth-order valence-electron chi connectivity index (χ4n) is 1.51. The fourth-order valence-corrected chi connectivity index (χ4v) is 1.51. The molecule has 0 saturated carbocycles. The Bertz CT molecular complexity index is 292. The van der Waals surface area contributed by atoms with Crippen LogP contribution in [0.4, 0.5) is 0 Å². The van der Waals surface area contributed by atoms with Crippen LogP contribution in [0.2, 0.25) is 0 Å². The van der Waals surface area contributed by atoms with Crippen molar-refractivity contribution < 1.29 is 5.11 Å². The summed E-state index contributed by atoms with van der Waals surface area (Å²) in [4.78, 5) is 2.03. The summed E-state index contributed by atoms with van der Waals surface area (Å²) >= 11 is 0. The van der Waals surface area contributed by atoms with Gasteiger partial charge in [-0.05, 0) is 38.6 Å². The lowest BCUT2D eigenvalue weighted by molar-refractivity contribution is 0.0858. The number of hydrogen-bond acceptors (Lipinski definition) is 2. The quantitative estimate of drug-likeness (QED) is 0.818. The molecule has 0 aromatic heterocycles. The molecule has 2 unspecified atom stereocenters. The number of aliphatic hydroxyl groups excluding tert-OH is 1. The molecule has 0 fully saturated rings. The van der Waals surface area contributed by atoms with Gasteiger partial charge in [-0.15, -0.1) is 0 Å². The Labute approximate surface area is 92.5 Å². The first-order valence-corrected chi connectivity index (χ1v) is 5.49. The molecular formula is C13H21NO. The first-order chi connectivity index (χ1) is 7.06. The third-order valence-electron chi connectivity index (χ3n) is 3.00. The highest BCUT2D eigenvalue weighted by molar-refractivity contribution is 5.24. The summed E-state index contributed by atoms with van der Waals surface area (Å²) in [5.41, 5.74) is 2.30. The van der Waals surface area contributed by atoms with Crippen molar-refractivity contribution in [2.45, 2.75) is 32.4 Å². The molecular weight excluding hydrogens is 186 g/mol. The second-order valence-corrected chi connectivity index (χ2v) is 4.24. The van der Waals surface area contributed by atoms with Gasteiger partial charge in [0.25, 0.3) is 0 Å². The van der Waals surface area contributed by atoms with E-state index in [2.05, 4.69) is 19.1 Å². The Morgan fingerprint density at radius 1 is 1.20 bits per heavy atom. The topological polar surface area (TPSA) is 23.5 Å². The zero-order valence-electron chi connectivity index (χ0n) is 10.1. The summed E-state index contributed by atoms with van der Waals surface area (Å²) in [5.74, 6) is 0. The summed E-state index contributed by atoms with van der Waals surface area (Å²) in [6.45, 7) is 4.16. The van der Waals surface area contributed by atoms with Crippen LogP contribution in [-0.4, -0.2) is 30.1 Å². The van der Waals surface area contributed by atoms with Crippen LogP contribution in [0.15, 0.2) is 24.3 Å². The number of hydrogen-bond donors (Lipinski definition) is 1. The average Bonchev–Trinajstić information content (AvgIpc) is 2.27. The third kappa shape index (κ3) is 3.05. The minimum atomic E-state index is -0.411. The van der Waals surface area contributed by atoms with Crippen LogP contribution < -0.4 is 0 Å². The van der Waals surface area contributed by atoms with Gasteiger partial charge >= 0.3 is 0 Å². The molecule has 84 valence electrons. The smallest absolute Gasteiger partial charge is 0.0942 e. The predicted molar refractivity (Wildman–Crippen MR) is 63.9 cm³/mol. The molecule has 0 aliphatic rings. The summed E-state index contributed by atoms with van der Waals surface area (Å²) in [5, 5.41) is 10.1. The lowest BCUT2D eigenvalue weighted by Gasteiger charge is -2.25. The van der Waals surface area contributed by atoms with Crippen molar-refractivity contribution in [3.63, 3.8) is 0 Å². The minimum absolute atomic E-state index is 0.137. The maximum atomic E-state index is 10.1. The van der Waals surface area contributed by atoms with Crippen molar-refractivity contribution in [2.75, 3.05) is 14.1 Å². The molecule has 15 heavy (non-hydrogen) atoms. The fraction of sp³-hybridized carbons (Fsp3) is 0.538.